The molecule has 148 valence electrons. The average Bonchev–Trinajstić information content (AvgIpc) is 2.63. The molecule has 0 radical (unpaired) electrons. The van der Waals surface area contributed by atoms with Gasteiger partial charge < -0.3 is 20.6 Å². The van der Waals surface area contributed by atoms with Gasteiger partial charge in [0.05, 0.1) is 12.1 Å². The molecule has 0 aliphatic rings. The van der Waals surface area contributed by atoms with E-state index >= 15 is 0 Å². The van der Waals surface area contributed by atoms with Crippen LogP contribution in [0.4, 0.5) is 4.79 Å². The zero-order valence-corrected chi connectivity index (χ0v) is 16.2. The Morgan fingerprint density at radius 1 is 1.14 bits per heavy atom. The molecule has 0 saturated heterocycles. The summed E-state index contributed by atoms with van der Waals surface area (Å²) in [5.41, 5.74) is 1.91. The van der Waals surface area contributed by atoms with Crippen LogP contribution in [0.3, 0.4) is 0 Å². The van der Waals surface area contributed by atoms with Gasteiger partial charge in [0.2, 0.25) is 7.85 Å². The number of carbonyl (C=O) groups excluding carboxylic acids is 1. The van der Waals surface area contributed by atoms with Crippen molar-refractivity contribution in [3.63, 3.8) is 0 Å². The Hall–Kier alpha value is -2.32. The van der Waals surface area contributed by atoms with E-state index in [1.807, 2.05) is 30.3 Å². The van der Waals surface area contributed by atoms with E-state index in [4.69, 9.17) is 0 Å². The highest BCUT2D eigenvalue weighted by Gasteiger charge is 2.24. The van der Waals surface area contributed by atoms with Crippen LogP contribution < -0.4 is 10.7 Å². The Morgan fingerprint density at radius 3 is 2.36 bits per heavy atom. The number of hydrogen-bond donors (Lipinski definition) is 5. The largest absolute Gasteiger partial charge is 0.508 e. The first kappa shape index (κ1) is 22.0. The van der Waals surface area contributed by atoms with Gasteiger partial charge in [0.15, 0.2) is 5.81 Å². The first-order valence-corrected chi connectivity index (χ1v) is 9.29. The Bertz CT molecular complexity index is 732. The van der Waals surface area contributed by atoms with E-state index in [2.05, 4.69) is 10.7 Å². The monoisotopic (exact) mass is 383 g/mol. The third-order valence-corrected chi connectivity index (χ3v) is 4.24. The molecule has 0 bridgehead atoms. The third-order valence-electron chi connectivity index (χ3n) is 4.24. The molecule has 0 saturated carbocycles. The van der Waals surface area contributed by atoms with Crippen molar-refractivity contribution in [3.05, 3.63) is 65.7 Å². The van der Waals surface area contributed by atoms with Gasteiger partial charge in [-0.25, -0.2) is 5.01 Å². The predicted molar refractivity (Wildman–Crippen MR) is 113 cm³/mol. The fourth-order valence-corrected chi connectivity index (χ4v) is 3.01. The number of benzene rings is 2. The second-order valence-corrected chi connectivity index (χ2v) is 6.92. The van der Waals surface area contributed by atoms with Crippen molar-refractivity contribution in [1.29, 1.82) is 0 Å². The standard InChI is InChI=1S/C19H27B2N3O4/c1-21(28)23-24(12-15-7-9-16(25)10-8-15)13-18(26)17(22-19(20)27)11-14-5-3-2-4-6-14/h2-10,17-18,23,25-26,28H,11-13,20H2,1H3,(H,22,27)/t17-,18-/m1/s1. The maximum atomic E-state index is 11.6. The molecule has 0 aliphatic carbocycles. The normalized spacial score (nSPS) is 13.1. The molecule has 0 aliphatic heterocycles. The van der Waals surface area contributed by atoms with Crippen molar-refractivity contribution in [2.45, 2.75) is 31.9 Å². The number of aliphatic hydroxyl groups is 1. The molecule has 1 amide bonds. The van der Waals surface area contributed by atoms with Crippen LogP contribution in [-0.2, 0) is 13.0 Å². The van der Waals surface area contributed by atoms with E-state index in [0.29, 0.717) is 13.0 Å². The Labute approximate surface area is 166 Å². The summed E-state index contributed by atoms with van der Waals surface area (Å²) in [4.78, 5) is 11.6. The number of amides is 1. The van der Waals surface area contributed by atoms with Crippen molar-refractivity contribution in [2.24, 2.45) is 0 Å². The number of hydrazine groups is 1. The second-order valence-electron chi connectivity index (χ2n) is 6.92. The van der Waals surface area contributed by atoms with E-state index in [1.165, 1.54) is 7.85 Å². The average molecular weight is 383 g/mol. The zero-order valence-electron chi connectivity index (χ0n) is 16.2. The first-order valence-electron chi connectivity index (χ1n) is 9.29. The third kappa shape index (κ3) is 7.74. The van der Waals surface area contributed by atoms with E-state index in [1.54, 1.807) is 36.1 Å². The molecular formula is C19H27B2N3O4. The van der Waals surface area contributed by atoms with Crippen LogP contribution in [0.2, 0.25) is 6.82 Å². The van der Waals surface area contributed by atoms with E-state index in [-0.39, 0.29) is 18.1 Å². The highest BCUT2D eigenvalue weighted by Crippen LogP contribution is 2.13. The lowest BCUT2D eigenvalue weighted by molar-refractivity contribution is 0.0667. The van der Waals surface area contributed by atoms with Crippen LogP contribution in [0, 0.1) is 0 Å². The van der Waals surface area contributed by atoms with Crippen molar-refractivity contribution >= 4 is 20.7 Å². The van der Waals surface area contributed by atoms with Gasteiger partial charge in [-0.05, 0) is 36.5 Å². The van der Waals surface area contributed by atoms with Crippen LogP contribution in [0.25, 0.3) is 0 Å². The summed E-state index contributed by atoms with van der Waals surface area (Å²) in [6, 6.07) is 15.9. The van der Waals surface area contributed by atoms with Crippen molar-refractivity contribution < 1.29 is 20.0 Å². The smallest absolute Gasteiger partial charge is 0.388 e. The highest BCUT2D eigenvalue weighted by molar-refractivity contribution is 6.57. The number of rotatable bonds is 10. The Balaban J connectivity index is 2.09. The van der Waals surface area contributed by atoms with Crippen LogP contribution >= 0.6 is 0 Å². The lowest BCUT2D eigenvalue weighted by Gasteiger charge is -2.31. The van der Waals surface area contributed by atoms with Crippen LogP contribution in [0.15, 0.2) is 54.6 Å². The maximum Gasteiger partial charge on any atom is 0.388 e. The highest BCUT2D eigenvalue weighted by atomic mass is 16.3. The van der Waals surface area contributed by atoms with Gasteiger partial charge in [-0.2, -0.15) is 0 Å². The molecule has 9 heteroatoms. The summed E-state index contributed by atoms with van der Waals surface area (Å²) in [6.45, 7) is 2.18. The molecule has 0 unspecified atom stereocenters. The Kier molecular flexibility index (Phi) is 8.53. The topological polar surface area (TPSA) is 105 Å². The number of nitrogens with one attached hydrogen (secondary N) is 2. The molecule has 28 heavy (non-hydrogen) atoms. The summed E-state index contributed by atoms with van der Waals surface area (Å²) in [5, 5.41) is 37.4. The lowest BCUT2D eigenvalue weighted by Crippen LogP contribution is -2.54. The molecule has 7 nitrogen and oxygen atoms in total. The molecule has 2 aromatic carbocycles. The second kappa shape index (κ2) is 10.9. The minimum absolute atomic E-state index is 0.174. The van der Waals surface area contributed by atoms with Gasteiger partial charge in [-0.1, -0.05) is 42.5 Å². The summed E-state index contributed by atoms with van der Waals surface area (Å²) in [7, 11) is 0.616. The maximum absolute atomic E-state index is 11.6. The number of aromatic hydroxyl groups is 1. The summed E-state index contributed by atoms with van der Waals surface area (Å²) >= 11 is 0. The van der Waals surface area contributed by atoms with Crippen molar-refractivity contribution in [3.8, 4) is 5.75 Å². The van der Waals surface area contributed by atoms with E-state index in [0.717, 1.165) is 11.1 Å². The van der Waals surface area contributed by atoms with Gasteiger partial charge in [0.25, 0.3) is 0 Å². The molecule has 0 heterocycles. The molecule has 0 fully saturated rings. The van der Waals surface area contributed by atoms with Crippen LogP contribution in [-0.4, -0.2) is 59.6 Å². The number of carbonyl (C=O) groups is 1. The lowest BCUT2D eigenvalue weighted by atomic mass is 9.90. The van der Waals surface area contributed by atoms with Gasteiger partial charge in [0.1, 0.15) is 5.75 Å². The fraction of sp³-hybridized carbons (Fsp3) is 0.316. The minimum Gasteiger partial charge on any atom is -0.508 e. The first-order chi connectivity index (χ1) is 13.3. The summed E-state index contributed by atoms with van der Waals surface area (Å²) in [6.07, 6.45) is -0.379. The summed E-state index contributed by atoms with van der Waals surface area (Å²) in [5.74, 6) is -0.0408. The van der Waals surface area contributed by atoms with Crippen LogP contribution in [0.5, 0.6) is 5.75 Å². The van der Waals surface area contributed by atoms with Crippen LogP contribution in [0.1, 0.15) is 11.1 Å². The molecular weight excluding hydrogens is 356 g/mol. The van der Waals surface area contributed by atoms with Gasteiger partial charge in [-0.15, -0.1) is 0 Å². The van der Waals surface area contributed by atoms with E-state index < -0.39 is 19.2 Å². The minimum atomic E-state index is -0.868. The quantitative estimate of drug-likeness (QED) is 0.295. The van der Waals surface area contributed by atoms with Crippen molar-refractivity contribution in [1.82, 2.24) is 15.7 Å². The van der Waals surface area contributed by atoms with Gasteiger partial charge in [-0.3, -0.25) is 10.1 Å². The molecule has 5 N–H and O–H groups in total. The number of phenols is 1. The summed E-state index contributed by atoms with van der Waals surface area (Å²) < 4.78 is 0. The van der Waals surface area contributed by atoms with E-state index in [9.17, 15) is 20.0 Å². The molecule has 2 rings (SSSR count). The molecule has 0 spiro atoms. The van der Waals surface area contributed by atoms with Crippen molar-refractivity contribution in [2.75, 3.05) is 6.54 Å². The molecule has 0 aromatic heterocycles. The number of phenolic OH excluding ortho intramolecular Hbond substituents is 1. The number of hydrogen-bond acceptors (Lipinski definition) is 6. The number of nitrogens with zero attached hydrogens (tertiary/aromatic N) is 1. The number of aliphatic hydroxyl groups excluding tert-OH is 1. The molecule has 2 atom stereocenters. The van der Waals surface area contributed by atoms with Gasteiger partial charge >= 0.3 is 7.05 Å². The SMILES string of the molecule is BC(=O)N[C@H](Cc1ccccc1)[C@H](O)CN(Cc1ccc(O)cc1)NB(C)O. The molecule has 2 aromatic rings. The predicted octanol–water partition coefficient (Wildman–Crippen LogP) is 0.124. The van der Waals surface area contributed by atoms with Gasteiger partial charge in [0, 0.05) is 13.1 Å². The zero-order chi connectivity index (χ0) is 20.5. The Morgan fingerprint density at radius 2 is 1.79 bits per heavy atom. The fourth-order valence-electron chi connectivity index (χ4n) is 3.01.